The van der Waals surface area contributed by atoms with Crippen LogP contribution in [0.1, 0.15) is 16.0 Å². The molecule has 114 valence electrons. The molecular formula is C16H22IN3S. The molecule has 1 aromatic heterocycles. The number of hydrogen-bond acceptors (Lipinski definition) is 2. The zero-order valence-corrected chi connectivity index (χ0v) is 15.6. The SMILES string of the molecule is CN=C(NCCc1cccs1)NCc1ccc(C)cc1.I. The van der Waals surface area contributed by atoms with Gasteiger partial charge in [-0.05, 0) is 30.4 Å². The summed E-state index contributed by atoms with van der Waals surface area (Å²) in [6.45, 7) is 3.79. The standard InChI is InChI=1S/C16H21N3S.HI/c1-13-5-7-14(8-6-13)12-19-16(17-2)18-10-9-15-4-3-11-20-15;/h3-8,11H,9-10,12H2,1-2H3,(H2,17,18,19);1H. The second-order valence-corrected chi connectivity index (χ2v) is 5.70. The molecule has 3 nitrogen and oxygen atoms in total. The van der Waals surface area contributed by atoms with E-state index in [2.05, 4.69) is 64.3 Å². The summed E-state index contributed by atoms with van der Waals surface area (Å²) in [5, 5.41) is 8.77. The topological polar surface area (TPSA) is 36.4 Å². The van der Waals surface area contributed by atoms with Gasteiger partial charge in [0.2, 0.25) is 0 Å². The molecule has 5 heteroatoms. The minimum Gasteiger partial charge on any atom is -0.356 e. The number of aliphatic imine (C=N–C) groups is 1. The van der Waals surface area contributed by atoms with Crippen LogP contribution in [0.2, 0.25) is 0 Å². The summed E-state index contributed by atoms with van der Waals surface area (Å²) >= 11 is 1.79. The lowest BCUT2D eigenvalue weighted by molar-refractivity contribution is 0.799. The molecule has 0 atom stereocenters. The molecule has 0 aliphatic carbocycles. The first-order valence-electron chi connectivity index (χ1n) is 6.80. The van der Waals surface area contributed by atoms with Gasteiger partial charge in [0.15, 0.2) is 5.96 Å². The second kappa shape index (κ2) is 9.78. The average molecular weight is 415 g/mol. The third kappa shape index (κ3) is 6.48. The fourth-order valence-corrected chi connectivity index (χ4v) is 2.58. The summed E-state index contributed by atoms with van der Waals surface area (Å²) in [4.78, 5) is 5.63. The molecule has 0 saturated carbocycles. The Morgan fingerprint density at radius 1 is 1.14 bits per heavy atom. The number of nitrogens with zero attached hydrogens (tertiary/aromatic N) is 1. The van der Waals surface area contributed by atoms with Gasteiger partial charge in [-0.25, -0.2) is 0 Å². The highest BCUT2D eigenvalue weighted by atomic mass is 127. The number of benzene rings is 1. The summed E-state index contributed by atoms with van der Waals surface area (Å²) in [6.07, 6.45) is 1.03. The summed E-state index contributed by atoms with van der Waals surface area (Å²) < 4.78 is 0. The molecule has 2 rings (SSSR count). The molecule has 0 aliphatic rings. The van der Waals surface area contributed by atoms with Crippen LogP contribution < -0.4 is 10.6 Å². The van der Waals surface area contributed by atoms with Crippen molar-refractivity contribution in [2.75, 3.05) is 13.6 Å². The Kier molecular flexibility index (Phi) is 8.37. The van der Waals surface area contributed by atoms with Crippen molar-refractivity contribution in [3.05, 3.63) is 57.8 Å². The van der Waals surface area contributed by atoms with E-state index >= 15 is 0 Å². The van der Waals surface area contributed by atoms with E-state index in [-0.39, 0.29) is 24.0 Å². The highest BCUT2D eigenvalue weighted by Gasteiger charge is 1.99. The van der Waals surface area contributed by atoms with Crippen LogP contribution in [0.4, 0.5) is 0 Å². The molecule has 0 unspecified atom stereocenters. The van der Waals surface area contributed by atoms with Crippen molar-refractivity contribution in [3.8, 4) is 0 Å². The Bertz CT molecular complexity index is 535. The molecule has 1 aromatic carbocycles. The van der Waals surface area contributed by atoms with Crippen LogP contribution in [0, 0.1) is 6.92 Å². The van der Waals surface area contributed by atoms with Crippen LogP contribution >= 0.6 is 35.3 Å². The van der Waals surface area contributed by atoms with Gasteiger partial charge in [0.05, 0.1) is 0 Å². The van der Waals surface area contributed by atoms with E-state index in [1.54, 1.807) is 18.4 Å². The first-order chi connectivity index (χ1) is 9.78. The molecule has 2 N–H and O–H groups in total. The Morgan fingerprint density at radius 3 is 2.52 bits per heavy atom. The summed E-state index contributed by atoms with van der Waals surface area (Å²) in [7, 11) is 1.80. The molecule has 0 radical (unpaired) electrons. The quantitative estimate of drug-likeness (QED) is 0.445. The number of halogens is 1. The van der Waals surface area contributed by atoms with Gasteiger partial charge in [-0.2, -0.15) is 0 Å². The first kappa shape index (κ1) is 18.0. The number of thiophene rings is 1. The normalized spacial score (nSPS) is 10.9. The largest absolute Gasteiger partial charge is 0.356 e. The Balaban J connectivity index is 0.00000220. The molecule has 0 aliphatic heterocycles. The van der Waals surface area contributed by atoms with Crippen LogP contribution in [0.25, 0.3) is 0 Å². The molecule has 0 fully saturated rings. The van der Waals surface area contributed by atoms with Gasteiger partial charge in [0.1, 0.15) is 0 Å². The lowest BCUT2D eigenvalue weighted by atomic mass is 10.1. The van der Waals surface area contributed by atoms with Crippen LogP contribution in [0.15, 0.2) is 46.8 Å². The fraction of sp³-hybridized carbons (Fsp3) is 0.312. The first-order valence-corrected chi connectivity index (χ1v) is 7.68. The van der Waals surface area contributed by atoms with Crippen LogP contribution in [-0.4, -0.2) is 19.6 Å². The van der Waals surface area contributed by atoms with E-state index in [1.807, 2.05) is 0 Å². The van der Waals surface area contributed by atoms with Crippen molar-refractivity contribution in [2.45, 2.75) is 19.9 Å². The molecular weight excluding hydrogens is 393 g/mol. The van der Waals surface area contributed by atoms with Crippen molar-refractivity contribution in [2.24, 2.45) is 4.99 Å². The smallest absolute Gasteiger partial charge is 0.191 e. The van der Waals surface area contributed by atoms with E-state index < -0.39 is 0 Å². The van der Waals surface area contributed by atoms with Gasteiger partial charge in [-0.3, -0.25) is 4.99 Å². The van der Waals surface area contributed by atoms with E-state index in [1.165, 1.54) is 16.0 Å². The number of guanidine groups is 1. The molecule has 1 heterocycles. The molecule has 0 spiro atoms. The number of rotatable bonds is 5. The van der Waals surface area contributed by atoms with Gasteiger partial charge in [-0.15, -0.1) is 35.3 Å². The van der Waals surface area contributed by atoms with Crippen LogP contribution in [-0.2, 0) is 13.0 Å². The van der Waals surface area contributed by atoms with Crippen molar-refractivity contribution in [3.63, 3.8) is 0 Å². The Morgan fingerprint density at radius 2 is 1.90 bits per heavy atom. The molecule has 0 saturated heterocycles. The van der Waals surface area contributed by atoms with Gasteiger partial charge < -0.3 is 10.6 Å². The summed E-state index contributed by atoms with van der Waals surface area (Å²) in [6, 6.07) is 12.8. The van der Waals surface area contributed by atoms with Crippen molar-refractivity contribution in [1.29, 1.82) is 0 Å². The Labute approximate surface area is 147 Å². The van der Waals surface area contributed by atoms with Crippen LogP contribution in [0.3, 0.4) is 0 Å². The third-order valence-electron chi connectivity index (χ3n) is 3.05. The van der Waals surface area contributed by atoms with E-state index in [9.17, 15) is 0 Å². The predicted molar refractivity (Wildman–Crippen MR) is 103 cm³/mol. The average Bonchev–Trinajstić information content (AvgIpc) is 2.97. The number of aryl methyl sites for hydroxylation is 1. The Hall–Kier alpha value is -1.08. The summed E-state index contributed by atoms with van der Waals surface area (Å²) in [5.74, 6) is 0.849. The lowest BCUT2D eigenvalue weighted by Crippen LogP contribution is -2.37. The van der Waals surface area contributed by atoms with Crippen molar-refractivity contribution in [1.82, 2.24) is 10.6 Å². The monoisotopic (exact) mass is 415 g/mol. The third-order valence-corrected chi connectivity index (χ3v) is 3.98. The maximum atomic E-state index is 4.24. The molecule has 0 bridgehead atoms. The van der Waals surface area contributed by atoms with Gasteiger partial charge >= 0.3 is 0 Å². The lowest BCUT2D eigenvalue weighted by Gasteiger charge is -2.11. The second-order valence-electron chi connectivity index (χ2n) is 4.67. The van der Waals surface area contributed by atoms with Crippen molar-refractivity contribution >= 4 is 41.3 Å². The maximum absolute atomic E-state index is 4.24. The van der Waals surface area contributed by atoms with E-state index in [0.29, 0.717) is 0 Å². The van der Waals surface area contributed by atoms with Crippen molar-refractivity contribution < 1.29 is 0 Å². The fourth-order valence-electron chi connectivity index (χ4n) is 1.87. The van der Waals surface area contributed by atoms with E-state index in [0.717, 1.165) is 25.5 Å². The van der Waals surface area contributed by atoms with Gasteiger partial charge in [0.25, 0.3) is 0 Å². The van der Waals surface area contributed by atoms with E-state index in [4.69, 9.17) is 0 Å². The molecule has 2 aromatic rings. The number of nitrogens with one attached hydrogen (secondary N) is 2. The highest BCUT2D eigenvalue weighted by molar-refractivity contribution is 14.0. The molecule has 0 amide bonds. The van der Waals surface area contributed by atoms with Gasteiger partial charge in [-0.1, -0.05) is 35.9 Å². The van der Waals surface area contributed by atoms with Gasteiger partial charge in [0, 0.05) is 25.0 Å². The minimum absolute atomic E-state index is 0. The minimum atomic E-state index is 0. The van der Waals surface area contributed by atoms with Crippen LogP contribution in [0.5, 0.6) is 0 Å². The predicted octanol–water partition coefficient (Wildman–Crippen LogP) is 3.58. The summed E-state index contributed by atoms with van der Waals surface area (Å²) in [5.41, 5.74) is 2.55. The number of hydrogen-bond donors (Lipinski definition) is 2. The highest BCUT2D eigenvalue weighted by Crippen LogP contribution is 2.08. The maximum Gasteiger partial charge on any atom is 0.191 e. The zero-order valence-electron chi connectivity index (χ0n) is 12.4. The zero-order chi connectivity index (χ0) is 14.2. The molecule has 21 heavy (non-hydrogen) atoms.